The first-order valence-electron chi connectivity index (χ1n) is 4.79. The van der Waals surface area contributed by atoms with Gasteiger partial charge in [0.05, 0.1) is 20.1 Å². The van der Waals surface area contributed by atoms with Gasteiger partial charge in [-0.3, -0.25) is 14.5 Å². The zero-order valence-corrected chi connectivity index (χ0v) is 9.94. The third-order valence-corrected chi connectivity index (χ3v) is 2.37. The van der Waals surface area contributed by atoms with Crippen LogP contribution in [0.3, 0.4) is 0 Å². The molecule has 0 amide bonds. The van der Waals surface area contributed by atoms with Crippen LogP contribution in [0.2, 0.25) is 0 Å². The van der Waals surface area contributed by atoms with Crippen LogP contribution >= 0.6 is 0 Å². The Morgan fingerprint density at radius 3 is 2.00 bits per heavy atom. The Morgan fingerprint density at radius 2 is 1.60 bits per heavy atom. The lowest BCUT2D eigenvalue weighted by Crippen LogP contribution is -2.40. The van der Waals surface area contributed by atoms with E-state index in [4.69, 9.17) is 0 Å². The summed E-state index contributed by atoms with van der Waals surface area (Å²) in [5, 5.41) is 0. The SMILES string of the molecule is COC(=O)C(C)CN(C)C(C)C(=O)OC. The Hall–Kier alpha value is -1.10. The van der Waals surface area contributed by atoms with E-state index in [9.17, 15) is 9.59 Å². The summed E-state index contributed by atoms with van der Waals surface area (Å²) in [6.07, 6.45) is 0. The van der Waals surface area contributed by atoms with Crippen molar-refractivity contribution in [3.05, 3.63) is 0 Å². The molecule has 0 saturated carbocycles. The molecule has 2 atom stereocenters. The van der Waals surface area contributed by atoms with Crippen LogP contribution in [0.15, 0.2) is 0 Å². The first-order chi connectivity index (χ1) is 6.93. The molecule has 0 spiro atoms. The van der Waals surface area contributed by atoms with E-state index in [2.05, 4.69) is 9.47 Å². The number of rotatable bonds is 5. The molecule has 0 aromatic carbocycles. The molecule has 5 nitrogen and oxygen atoms in total. The second-order valence-corrected chi connectivity index (χ2v) is 3.56. The third kappa shape index (κ3) is 4.29. The first kappa shape index (κ1) is 13.9. The van der Waals surface area contributed by atoms with Gasteiger partial charge >= 0.3 is 11.9 Å². The van der Waals surface area contributed by atoms with E-state index in [1.807, 2.05) is 0 Å². The van der Waals surface area contributed by atoms with Gasteiger partial charge in [-0.1, -0.05) is 6.92 Å². The van der Waals surface area contributed by atoms with E-state index in [1.165, 1.54) is 14.2 Å². The Bertz CT molecular complexity index is 229. The fourth-order valence-corrected chi connectivity index (χ4v) is 1.22. The molecule has 15 heavy (non-hydrogen) atoms. The number of esters is 2. The quantitative estimate of drug-likeness (QED) is 0.619. The molecule has 0 N–H and O–H groups in total. The van der Waals surface area contributed by atoms with E-state index in [1.54, 1.807) is 25.8 Å². The molecule has 5 heteroatoms. The lowest BCUT2D eigenvalue weighted by molar-refractivity contribution is -0.149. The van der Waals surface area contributed by atoms with Crippen LogP contribution in [-0.4, -0.2) is 50.7 Å². The second kappa shape index (κ2) is 6.40. The number of ether oxygens (including phenoxy) is 2. The Kier molecular flexibility index (Phi) is 5.93. The van der Waals surface area contributed by atoms with Crippen LogP contribution in [0.5, 0.6) is 0 Å². The van der Waals surface area contributed by atoms with Crippen molar-refractivity contribution in [2.75, 3.05) is 27.8 Å². The topological polar surface area (TPSA) is 55.8 Å². The number of hydrogen-bond acceptors (Lipinski definition) is 5. The van der Waals surface area contributed by atoms with Gasteiger partial charge < -0.3 is 9.47 Å². The number of likely N-dealkylation sites (N-methyl/N-ethyl adjacent to an activating group) is 1. The maximum absolute atomic E-state index is 11.2. The van der Waals surface area contributed by atoms with Crippen LogP contribution in [-0.2, 0) is 19.1 Å². The lowest BCUT2D eigenvalue weighted by Gasteiger charge is -2.24. The minimum absolute atomic E-state index is 0.257. The number of methoxy groups -OCH3 is 2. The highest BCUT2D eigenvalue weighted by molar-refractivity contribution is 5.75. The molecule has 0 saturated heterocycles. The maximum Gasteiger partial charge on any atom is 0.322 e. The van der Waals surface area contributed by atoms with Crippen molar-refractivity contribution < 1.29 is 19.1 Å². The molecule has 0 aromatic rings. The van der Waals surface area contributed by atoms with E-state index in [0.717, 1.165) is 0 Å². The van der Waals surface area contributed by atoms with Gasteiger partial charge in [0.15, 0.2) is 0 Å². The van der Waals surface area contributed by atoms with Crippen molar-refractivity contribution in [1.29, 1.82) is 0 Å². The molecule has 0 aliphatic carbocycles. The zero-order valence-electron chi connectivity index (χ0n) is 9.94. The summed E-state index contributed by atoms with van der Waals surface area (Å²) in [4.78, 5) is 24.1. The van der Waals surface area contributed by atoms with Crippen molar-refractivity contribution in [1.82, 2.24) is 4.90 Å². The average molecular weight is 217 g/mol. The fourth-order valence-electron chi connectivity index (χ4n) is 1.22. The molecule has 0 aromatic heterocycles. The summed E-state index contributed by atoms with van der Waals surface area (Å²) in [5.41, 5.74) is 0. The van der Waals surface area contributed by atoms with Crippen LogP contribution in [0.25, 0.3) is 0 Å². The van der Waals surface area contributed by atoms with Crippen LogP contribution in [0.4, 0.5) is 0 Å². The molecule has 0 aliphatic rings. The first-order valence-corrected chi connectivity index (χ1v) is 4.79. The lowest BCUT2D eigenvalue weighted by atomic mass is 10.1. The van der Waals surface area contributed by atoms with Crippen molar-refractivity contribution in [3.63, 3.8) is 0 Å². The van der Waals surface area contributed by atoms with Gasteiger partial charge in [0.25, 0.3) is 0 Å². The number of carbonyl (C=O) groups is 2. The minimum Gasteiger partial charge on any atom is -0.469 e. The van der Waals surface area contributed by atoms with Crippen LogP contribution in [0, 0.1) is 5.92 Å². The highest BCUT2D eigenvalue weighted by Crippen LogP contribution is 2.05. The van der Waals surface area contributed by atoms with Gasteiger partial charge in [0.1, 0.15) is 6.04 Å². The number of carbonyl (C=O) groups excluding carboxylic acids is 2. The van der Waals surface area contributed by atoms with E-state index >= 15 is 0 Å². The zero-order chi connectivity index (χ0) is 12.0. The molecule has 2 unspecified atom stereocenters. The van der Waals surface area contributed by atoms with E-state index in [-0.39, 0.29) is 23.9 Å². The standard InChI is InChI=1S/C10H19NO4/c1-7(9(12)14-4)6-11(3)8(2)10(13)15-5/h7-8H,6H2,1-5H3. The molecule has 0 heterocycles. The van der Waals surface area contributed by atoms with Crippen molar-refractivity contribution in [2.24, 2.45) is 5.92 Å². The Labute approximate surface area is 90.3 Å². The van der Waals surface area contributed by atoms with Crippen molar-refractivity contribution >= 4 is 11.9 Å². The minimum atomic E-state index is -0.359. The molecule has 0 radical (unpaired) electrons. The highest BCUT2D eigenvalue weighted by Gasteiger charge is 2.23. The molecule has 0 aliphatic heterocycles. The van der Waals surface area contributed by atoms with Crippen LogP contribution in [0.1, 0.15) is 13.8 Å². The van der Waals surface area contributed by atoms with Crippen molar-refractivity contribution in [3.8, 4) is 0 Å². The van der Waals surface area contributed by atoms with Gasteiger partial charge in [-0.05, 0) is 14.0 Å². The van der Waals surface area contributed by atoms with Gasteiger partial charge in [-0.2, -0.15) is 0 Å². The molecular formula is C10H19NO4. The smallest absolute Gasteiger partial charge is 0.322 e. The average Bonchev–Trinajstić information content (AvgIpc) is 2.25. The summed E-state index contributed by atoms with van der Waals surface area (Å²) in [6, 6.07) is -0.359. The Balaban J connectivity index is 4.17. The van der Waals surface area contributed by atoms with Crippen molar-refractivity contribution in [2.45, 2.75) is 19.9 Å². The van der Waals surface area contributed by atoms with E-state index in [0.29, 0.717) is 6.54 Å². The molecule has 0 bridgehead atoms. The third-order valence-electron chi connectivity index (χ3n) is 2.37. The summed E-state index contributed by atoms with van der Waals surface area (Å²) in [7, 11) is 4.46. The van der Waals surface area contributed by atoms with Gasteiger partial charge in [0, 0.05) is 6.54 Å². The largest absolute Gasteiger partial charge is 0.469 e. The number of hydrogen-bond donors (Lipinski definition) is 0. The Morgan fingerprint density at radius 1 is 1.13 bits per heavy atom. The second-order valence-electron chi connectivity index (χ2n) is 3.56. The number of nitrogens with zero attached hydrogens (tertiary/aromatic N) is 1. The predicted molar refractivity (Wildman–Crippen MR) is 55.3 cm³/mol. The fraction of sp³-hybridized carbons (Fsp3) is 0.800. The van der Waals surface area contributed by atoms with Gasteiger partial charge in [-0.15, -0.1) is 0 Å². The van der Waals surface area contributed by atoms with E-state index < -0.39 is 0 Å². The normalized spacial score (nSPS) is 14.5. The van der Waals surface area contributed by atoms with Gasteiger partial charge in [0.2, 0.25) is 0 Å². The predicted octanol–water partition coefficient (Wildman–Crippen LogP) is 0.289. The summed E-state index contributed by atoms with van der Waals surface area (Å²) >= 11 is 0. The summed E-state index contributed by atoms with van der Waals surface area (Å²) in [6.45, 7) is 3.95. The molecule has 0 fully saturated rings. The molecule has 88 valence electrons. The highest BCUT2D eigenvalue weighted by atomic mass is 16.5. The summed E-state index contributed by atoms with van der Waals surface area (Å²) in [5.74, 6) is -0.847. The van der Waals surface area contributed by atoms with Gasteiger partial charge in [-0.25, -0.2) is 0 Å². The monoisotopic (exact) mass is 217 g/mol. The maximum atomic E-state index is 11.2. The molecular weight excluding hydrogens is 198 g/mol. The molecule has 0 rings (SSSR count). The van der Waals surface area contributed by atoms with Crippen LogP contribution < -0.4 is 0 Å². The summed E-state index contributed by atoms with van der Waals surface area (Å²) < 4.78 is 9.20.